The van der Waals surface area contributed by atoms with Gasteiger partial charge in [-0.15, -0.1) is 15.3 Å². The first kappa shape index (κ1) is 42.2. The molecule has 0 amide bonds. The normalized spacial score (nSPS) is 12.3. The van der Waals surface area contributed by atoms with E-state index in [4.69, 9.17) is 4.74 Å². The van der Waals surface area contributed by atoms with E-state index in [2.05, 4.69) is 51.1 Å². The van der Waals surface area contributed by atoms with E-state index in [1.165, 1.54) is 37.4 Å². The third kappa shape index (κ3) is 10.1. The Bertz CT molecular complexity index is 3080. The highest BCUT2D eigenvalue weighted by Crippen LogP contribution is 2.41. The van der Waals surface area contributed by atoms with Gasteiger partial charge in [-0.25, -0.2) is 0 Å². The number of aryl methyl sites for hydroxylation is 2. The van der Waals surface area contributed by atoms with Crippen LogP contribution in [0, 0.1) is 13.8 Å². The van der Waals surface area contributed by atoms with E-state index < -0.39 is 10.1 Å². The number of ether oxygens (including phenoxy) is 1. The number of phenols is 2. The summed E-state index contributed by atoms with van der Waals surface area (Å²) in [5.41, 5.74) is 6.04. The first-order valence-corrected chi connectivity index (χ1v) is 20.1. The minimum absolute atomic E-state index is 0.00737. The van der Waals surface area contributed by atoms with Gasteiger partial charge in [0.05, 0.1) is 53.5 Å². The van der Waals surface area contributed by atoms with E-state index in [0.717, 1.165) is 5.56 Å². The van der Waals surface area contributed by atoms with Crippen LogP contribution in [0.4, 0.5) is 56.9 Å². The van der Waals surface area contributed by atoms with E-state index >= 15 is 0 Å². The van der Waals surface area contributed by atoms with Crippen molar-refractivity contribution in [1.82, 2.24) is 0 Å². The van der Waals surface area contributed by atoms with E-state index in [1.807, 2.05) is 6.92 Å². The van der Waals surface area contributed by atoms with Crippen molar-refractivity contribution in [1.29, 1.82) is 0 Å². The Labute approximate surface area is 354 Å². The van der Waals surface area contributed by atoms with Crippen molar-refractivity contribution in [3.63, 3.8) is 0 Å². The van der Waals surface area contributed by atoms with Crippen molar-refractivity contribution in [2.24, 2.45) is 51.1 Å². The highest BCUT2D eigenvalue weighted by atomic mass is 32.2. The molecule has 0 saturated carbocycles. The van der Waals surface area contributed by atoms with Gasteiger partial charge in [-0.2, -0.15) is 44.2 Å². The fourth-order valence-corrected chi connectivity index (χ4v) is 6.58. The molecular weight excluding hydrogens is 813 g/mol. The number of phenolic OH excluding ortho intramolecular Hbond substituents is 2. The maximum Gasteiger partial charge on any atom is 0.296 e. The third-order valence-electron chi connectivity index (χ3n) is 9.22. The number of methoxy groups -OCH3 is 1. The standard InChI is InChI=1S/C44H36N10O7S/c1-26-20-32(12-18-36(26)49-47-31-13-19-37(27(2)21-31)50-51-38-6-4-5-7-43(38)62(58,59)60)48-53-40-24-42(61-3)41(23-29(40)25-55)54-52-39-17-8-28-22-33(11-16-35(28)44(39)57)46-45-30-9-14-34(56)15-10-30/h4-24,55-57H,25H2,1-3H3,(H,58,59,60). The molecule has 310 valence electrons. The molecule has 0 aliphatic rings. The summed E-state index contributed by atoms with van der Waals surface area (Å²) < 4.78 is 38.4. The van der Waals surface area contributed by atoms with Crippen molar-refractivity contribution >= 4 is 77.8 Å². The number of aliphatic hydroxyl groups excluding tert-OH is 1. The number of hydrogen-bond acceptors (Lipinski definition) is 16. The lowest BCUT2D eigenvalue weighted by Gasteiger charge is -2.09. The van der Waals surface area contributed by atoms with Crippen molar-refractivity contribution in [2.75, 3.05) is 7.11 Å². The topological polar surface area (TPSA) is 248 Å². The summed E-state index contributed by atoms with van der Waals surface area (Å²) in [6, 6.07) is 34.2. The van der Waals surface area contributed by atoms with Crippen LogP contribution in [0.2, 0.25) is 0 Å². The van der Waals surface area contributed by atoms with Crippen molar-refractivity contribution in [3.8, 4) is 17.2 Å². The molecule has 7 aromatic rings. The molecule has 18 heteroatoms. The molecule has 0 heterocycles. The van der Waals surface area contributed by atoms with E-state index in [0.29, 0.717) is 73.1 Å². The van der Waals surface area contributed by atoms with Gasteiger partial charge in [0.2, 0.25) is 0 Å². The summed E-state index contributed by atoms with van der Waals surface area (Å²) in [5, 5.41) is 74.7. The van der Waals surface area contributed by atoms with E-state index in [1.54, 1.807) is 104 Å². The van der Waals surface area contributed by atoms with Crippen LogP contribution in [-0.2, 0) is 16.7 Å². The SMILES string of the molecule is COc1cc(N=Nc2ccc(N=Nc3ccc(N=Nc4ccccc4S(=O)(=O)O)c(C)c3)c(C)c2)c(CO)cc1N=Nc1ccc2cc(N=Nc3ccc(O)cc3)ccc2c1O. The molecule has 0 saturated heterocycles. The molecule has 0 atom stereocenters. The number of hydrogen-bond donors (Lipinski definition) is 4. The number of aliphatic hydroxyl groups is 1. The second-order valence-corrected chi connectivity index (χ2v) is 14.9. The minimum atomic E-state index is -4.46. The molecule has 0 spiro atoms. The van der Waals surface area contributed by atoms with Crippen LogP contribution in [0.3, 0.4) is 0 Å². The maximum absolute atomic E-state index is 11.7. The summed E-state index contributed by atoms with van der Waals surface area (Å²) in [5.74, 6) is 0.360. The molecule has 17 nitrogen and oxygen atoms in total. The predicted molar refractivity (Wildman–Crippen MR) is 232 cm³/mol. The maximum atomic E-state index is 11.7. The Morgan fingerprint density at radius 3 is 1.68 bits per heavy atom. The average molecular weight is 849 g/mol. The summed E-state index contributed by atoms with van der Waals surface area (Å²) in [4.78, 5) is -0.342. The van der Waals surface area contributed by atoms with Crippen molar-refractivity contribution < 1.29 is 33.0 Å². The van der Waals surface area contributed by atoms with E-state index in [9.17, 15) is 28.3 Å². The Morgan fingerprint density at radius 1 is 0.516 bits per heavy atom. The lowest BCUT2D eigenvalue weighted by atomic mass is 10.1. The second kappa shape index (κ2) is 18.6. The fourth-order valence-electron chi connectivity index (χ4n) is 5.95. The smallest absolute Gasteiger partial charge is 0.296 e. The molecule has 0 aliphatic heterocycles. The zero-order valence-corrected chi connectivity index (χ0v) is 34.0. The molecular formula is C44H36N10O7S. The molecule has 7 rings (SSSR count). The Balaban J connectivity index is 1.03. The highest BCUT2D eigenvalue weighted by Gasteiger charge is 2.15. The largest absolute Gasteiger partial charge is 0.508 e. The van der Waals surface area contributed by atoms with Gasteiger partial charge in [-0.1, -0.05) is 18.2 Å². The van der Waals surface area contributed by atoms with Crippen LogP contribution >= 0.6 is 0 Å². The number of aromatic hydroxyl groups is 2. The van der Waals surface area contributed by atoms with Gasteiger partial charge in [-0.3, -0.25) is 4.55 Å². The molecule has 0 bridgehead atoms. The van der Waals surface area contributed by atoms with Gasteiger partial charge in [-0.05, 0) is 133 Å². The molecule has 0 aliphatic carbocycles. The van der Waals surface area contributed by atoms with Gasteiger partial charge in [0.15, 0.2) is 5.75 Å². The van der Waals surface area contributed by atoms with E-state index in [-0.39, 0.29) is 34.4 Å². The Morgan fingerprint density at radius 2 is 1.03 bits per heavy atom. The summed E-state index contributed by atoms with van der Waals surface area (Å²) >= 11 is 0. The van der Waals surface area contributed by atoms with Gasteiger partial charge >= 0.3 is 0 Å². The van der Waals surface area contributed by atoms with Crippen LogP contribution in [0.1, 0.15) is 16.7 Å². The zero-order chi connectivity index (χ0) is 43.8. The van der Waals surface area contributed by atoms with Gasteiger partial charge in [0, 0.05) is 17.0 Å². The second-order valence-electron chi connectivity index (χ2n) is 13.6. The molecule has 7 aromatic carbocycles. The fraction of sp³-hybridized carbons (Fsp3) is 0.0909. The lowest BCUT2D eigenvalue weighted by Crippen LogP contribution is -1.97. The predicted octanol–water partition coefficient (Wildman–Crippen LogP) is 13.7. The minimum Gasteiger partial charge on any atom is -0.508 e. The first-order chi connectivity index (χ1) is 29.9. The lowest BCUT2D eigenvalue weighted by molar-refractivity contribution is 0.282. The quantitative estimate of drug-likeness (QED) is 0.0644. The molecule has 0 aromatic heterocycles. The number of rotatable bonds is 13. The zero-order valence-electron chi connectivity index (χ0n) is 33.2. The van der Waals surface area contributed by atoms with Crippen molar-refractivity contribution in [3.05, 3.63) is 144 Å². The van der Waals surface area contributed by atoms with Gasteiger partial charge < -0.3 is 20.1 Å². The summed E-state index contributed by atoms with van der Waals surface area (Å²) in [6.07, 6.45) is 0. The van der Waals surface area contributed by atoms with Crippen LogP contribution in [0.25, 0.3) is 10.8 Å². The van der Waals surface area contributed by atoms with Crippen LogP contribution in [0.5, 0.6) is 17.2 Å². The van der Waals surface area contributed by atoms with Crippen LogP contribution < -0.4 is 4.74 Å². The average Bonchev–Trinajstić information content (AvgIpc) is 3.27. The van der Waals surface area contributed by atoms with Gasteiger partial charge in [0.25, 0.3) is 10.1 Å². The Kier molecular flexibility index (Phi) is 12.6. The molecule has 4 N–H and O–H groups in total. The number of benzene rings is 7. The number of azo groups is 5. The molecule has 0 unspecified atom stereocenters. The molecule has 0 radical (unpaired) electrons. The van der Waals surface area contributed by atoms with Crippen molar-refractivity contribution in [2.45, 2.75) is 25.3 Å². The van der Waals surface area contributed by atoms with Crippen LogP contribution in [-0.4, -0.2) is 35.4 Å². The first-order valence-electron chi connectivity index (χ1n) is 18.6. The summed E-state index contributed by atoms with van der Waals surface area (Å²) in [6.45, 7) is 3.28. The summed E-state index contributed by atoms with van der Waals surface area (Å²) in [7, 11) is -3.00. The molecule has 62 heavy (non-hydrogen) atoms. The monoisotopic (exact) mass is 848 g/mol. The number of nitrogens with zero attached hydrogens (tertiary/aromatic N) is 10. The third-order valence-corrected chi connectivity index (χ3v) is 10.1. The highest BCUT2D eigenvalue weighted by molar-refractivity contribution is 7.86. The number of fused-ring (bicyclic) bond motifs is 1. The van der Waals surface area contributed by atoms with Gasteiger partial charge in [0.1, 0.15) is 33.5 Å². The molecule has 0 fully saturated rings. The Hall–Kier alpha value is -7.93. The van der Waals surface area contributed by atoms with Crippen LogP contribution in [0.15, 0.2) is 183 Å².